The molecule has 0 bridgehead atoms. The molecule has 0 radical (unpaired) electrons. The summed E-state index contributed by atoms with van der Waals surface area (Å²) in [6.07, 6.45) is 2.58. The van der Waals surface area contributed by atoms with Gasteiger partial charge in [0.1, 0.15) is 35.9 Å². The minimum Gasteiger partial charge on any atom is -0.459 e. The van der Waals surface area contributed by atoms with Crippen LogP contribution in [0.3, 0.4) is 0 Å². The predicted octanol–water partition coefficient (Wildman–Crippen LogP) is 2.79. The zero-order chi connectivity index (χ0) is 19.2. The van der Waals surface area contributed by atoms with E-state index in [1.165, 1.54) is 12.1 Å². The number of nitrogens with one attached hydrogen (secondary N) is 2. The maximum Gasteiger partial charge on any atom is 0.191 e. The van der Waals surface area contributed by atoms with Crippen LogP contribution >= 0.6 is 0 Å². The largest absolute Gasteiger partial charge is 0.459 e. The zero-order valence-electron chi connectivity index (χ0n) is 15.9. The highest BCUT2D eigenvalue weighted by Gasteiger charge is 2.11. The monoisotopic (exact) mass is 372 g/mol. The molecule has 8 heteroatoms. The lowest BCUT2D eigenvalue weighted by molar-refractivity contribution is 0.546. The van der Waals surface area contributed by atoms with E-state index in [1.54, 1.807) is 12.4 Å². The second-order valence-corrected chi connectivity index (χ2v) is 6.21. The summed E-state index contributed by atoms with van der Waals surface area (Å²) in [7, 11) is 0. The van der Waals surface area contributed by atoms with Gasteiger partial charge in [-0.1, -0.05) is 6.92 Å². The van der Waals surface area contributed by atoms with Crippen LogP contribution in [0.1, 0.15) is 31.0 Å². The highest BCUT2D eigenvalue weighted by molar-refractivity contribution is 5.82. The maximum absolute atomic E-state index is 13.5. The fourth-order valence-corrected chi connectivity index (χ4v) is 2.92. The van der Waals surface area contributed by atoms with Gasteiger partial charge < -0.3 is 19.6 Å². The molecule has 3 rings (SSSR count). The highest BCUT2D eigenvalue weighted by atomic mass is 19.1. The summed E-state index contributed by atoms with van der Waals surface area (Å²) in [5.74, 6) is 2.13. The Morgan fingerprint density at radius 1 is 1.30 bits per heavy atom. The van der Waals surface area contributed by atoms with Crippen molar-refractivity contribution < 1.29 is 8.81 Å². The predicted molar refractivity (Wildman–Crippen MR) is 103 cm³/mol. The molecule has 0 amide bonds. The van der Waals surface area contributed by atoms with E-state index in [0.717, 1.165) is 42.0 Å². The lowest BCUT2D eigenvalue weighted by Crippen LogP contribution is -2.38. The number of furan rings is 1. The summed E-state index contributed by atoms with van der Waals surface area (Å²) in [5.41, 5.74) is 1.60. The average Bonchev–Trinajstić information content (AvgIpc) is 3.24. The molecule has 0 saturated heterocycles. The fourth-order valence-electron chi connectivity index (χ4n) is 2.92. The van der Waals surface area contributed by atoms with Crippen LogP contribution in [0.4, 0.5) is 4.39 Å². The van der Waals surface area contributed by atoms with Gasteiger partial charge in [0, 0.05) is 37.0 Å². The number of aromatic nitrogens is 3. The second kappa shape index (κ2) is 8.66. The number of hydrogen-bond acceptors (Lipinski definition) is 4. The first-order chi connectivity index (χ1) is 13.1. The van der Waals surface area contributed by atoms with Crippen LogP contribution in [0, 0.1) is 12.7 Å². The van der Waals surface area contributed by atoms with E-state index in [4.69, 9.17) is 4.42 Å². The summed E-state index contributed by atoms with van der Waals surface area (Å²) in [5, 5.41) is 15.3. The number of rotatable bonds is 7. The number of hydrogen-bond donors (Lipinski definition) is 2. The van der Waals surface area contributed by atoms with Crippen LogP contribution in [-0.2, 0) is 19.5 Å². The van der Waals surface area contributed by atoms with Gasteiger partial charge in [-0.2, -0.15) is 0 Å². The van der Waals surface area contributed by atoms with Gasteiger partial charge in [-0.3, -0.25) is 0 Å². The number of halogens is 1. The number of aliphatic imine (C=N–C) groups is 1. The van der Waals surface area contributed by atoms with E-state index in [-0.39, 0.29) is 5.82 Å². The first-order valence-electron chi connectivity index (χ1n) is 9.18. The van der Waals surface area contributed by atoms with Gasteiger partial charge in [0.25, 0.3) is 0 Å². The third kappa shape index (κ3) is 4.45. The molecule has 2 aromatic heterocycles. The quantitative estimate of drug-likeness (QED) is 0.492. The summed E-state index contributed by atoms with van der Waals surface area (Å²) in [6.45, 7) is 8.58. The van der Waals surface area contributed by atoms with Crippen LogP contribution < -0.4 is 10.6 Å². The third-order valence-electron chi connectivity index (χ3n) is 4.38. The lowest BCUT2D eigenvalue weighted by Gasteiger charge is -2.12. The standard InChI is InChI=1S/C19H25FN6O/c1-4-18-25-24-12-26(18)9-8-22-19(21-5-2)23-11-17-13(3)15-10-14(20)6-7-16(15)27-17/h6-7,10,12H,4-5,8-9,11H2,1-3H3,(H2,21,22,23). The van der Waals surface area contributed by atoms with Crippen LogP contribution in [0.15, 0.2) is 33.9 Å². The molecular weight excluding hydrogens is 347 g/mol. The van der Waals surface area contributed by atoms with Gasteiger partial charge in [0.15, 0.2) is 5.96 Å². The normalized spacial score (nSPS) is 11.9. The average molecular weight is 372 g/mol. The Hall–Kier alpha value is -2.90. The van der Waals surface area contributed by atoms with Crippen molar-refractivity contribution in [1.82, 2.24) is 25.4 Å². The molecular formula is C19H25FN6O. The van der Waals surface area contributed by atoms with E-state index in [1.807, 2.05) is 18.4 Å². The Morgan fingerprint density at radius 2 is 2.15 bits per heavy atom. The van der Waals surface area contributed by atoms with E-state index >= 15 is 0 Å². The zero-order valence-corrected chi connectivity index (χ0v) is 15.9. The van der Waals surface area contributed by atoms with E-state index < -0.39 is 0 Å². The van der Waals surface area contributed by atoms with Crippen molar-refractivity contribution in [2.24, 2.45) is 4.99 Å². The molecule has 0 aliphatic rings. The number of fused-ring (bicyclic) bond motifs is 1. The van der Waals surface area contributed by atoms with Crippen molar-refractivity contribution in [2.45, 2.75) is 40.3 Å². The van der Waals surface area contributed by atoms with Gasteiger partial charge in [-0.25, -0.2) is 9.38 Å². The molecule has 144 valence electrons. The molecule has 0 aliphatic carbocycles. The Morgan fingerprint density at radius 3 is 2.93 bits per heavy atom. The summed E-state index contributed by atoms with van der Waals surface area (Å²) in [4.78, 5) is 4.59. The van der Waals surface area contributed by atoms with Crippen molar-refractivity contribution in [3.63, 3.8) is 0 Å². The summed E-state index contributed by atoms with van der Waals surface area (Å²) < 4.78 is 21.3. The second-order valence-electron chi connectivity index (χ2n) is 6.21. The molecule has 2 heterocycles. The van der Waals surface area contributed by atoms with Gasteiger partial charge in [-0.05, 0) is 32.0 Å². The molecule has 1 aromatic carbocycles. The summed E-state index contributed by atoms with van der Waals surface area (Å²) in [6, 6.07) is 4.55. The van der Waals surface area contributed by atoms with Gasteiger partial charge >= 0.3 is 0 Å². The van der Waals surface area contributed by atoms with Crippen molar-refractivity contribution in [3.05, 3.63) is 47.5 Å². The van der Waals surface area contributed by atoms with Crippen LogP contribution in [0.25, 0.3) is 11.0 Å². The molecule has 0 unspecified atom stereocenters. The lowest BCUT2D eigenvalue weighted by atomic mass is 10.1. The van der Waals surface area contributed by atoms with Gasteiger partial charge in [0.2, 0.25) is 0 Å². The van der Waals surface area contributed by atoms with E-state index in [0.29, 0.717) is 24.6 Å². The molecule has 7 nitrogen and oxygen atoms in total. The number of nitrogens with zero attached hydrogens (tertiary/aromatic N) is 4. The van der Waals surface area contributed by atoms with E-state index in [9.17, 15) is 4.39 Å². The van der Waals surface area contributed by atoms with Crippen LogP contribution in [-0.4, -0.2) is 33.8 Å². The van der Waals surface area contributed by atoms with Crippen molar-refractivity contribution in [1.29, 1.82) is 0 Å². The molecule has 0 fully saturated rings. The Balaban J connectivity index is 1.66. The molecule has 3 aromatic rings. The Kier molecular flexibility index (Phi) is 6.05. The van der Waals surface area contributed by atoms with Crippen LogP contribution in [0.5, 0.6) is 0 Å². The minimum atomic E-state index is -0.267. The molecule has 0 atom stereocenters. The Labute approximate surface area is 157 Å². The van der Waals surface area contributed by atoms with Gasteiger partial charge in [0.05, 0.1) is 0 Å². The third-order valence-corrected chi connectivity index (χ3v) is 4.38. The Bertz CT molecular complexity index is 930. The van der Waals surface area contributed by atoms with Gasteiger partial charge in [-0.15, -0.1) is 10.2 Å². The van der Waals surface area contributed by atoms with Crippen molar-refractivity contribution in [2.75, 3.05) is 13.1 Å². The van der Waals surface area contributed by atoms with Crippen molar-refractivity contribution in [3.8, 4) is 0 Å². The van der Waals surface area contributed by atoms with E-state index in [2.05, 4.69) is 32.7 Å². The first kappa shape index (κ1) is 18.9. The summed E-state index contributed by atoms with van der Waals surface area (Å²) >= 11 is 0. The highest BCUT2D eigenvalue weighted by Crippen LogP contribution is 2.26. The number of guanidine groups is 1. The smallest absolute Gasteiger partial charge is 0.191 e. The SMILES string of the molecule is CCNC(=NCc1oc2ccc(F)cc2c1C)NCCn1cnnc1CC. The molecule has 0 spiro atoms. The molecule has 2 N–H and O–H groups in total. The number of aryl methyl sites for hydroxylation is 2. The fraction of sp³-hybridized carbons (Fsp3) is 0.421. The molecule has 0 aliphatic heterocycles. The first-order valence-corrected chi connectivity index (χ1v) is 9.18. The van der Waals surface area contributed by atoms with Crippen LogP contribution in [0.2, 0.25) is 0 Å². The molecule has 27 heavy (non-hydrogen) atoms. The molecule has 0 saturated carbocycles. The van der Waals surface area contributed by atoms with Crippen molar-refractivity contribution >= 4 is 16.9 Å². The maximum atomic E-state index is 13.5. The number of benzene rings is 1. The topological polar surface area (TPSA) is 80.3 Å². The minimum absolute atomic E-state index is 0.267.